The summed E-state index contributed by atoms with van der Waals surface area (Å²) in [6, 6.07) is 4.04. The van der Waals surface area contributed by atoms with Gasteiger partial charge in [0.1, 0.15) is 5.82 Å². The van der Waals surface area contributed by atoms with Crippen LogP contribution in [0.2, 0.25) is 5.02 Å². The van der Waals surface area contributed by atoms with E-state index in [9.17, 15) is 14.0 Å². The van der Waals surface area contributed by atoms with Gasteiger partial charge in [0.15, 0.2) is 0 Å². The van der Waals surface area contributed by atoms with E-state index in [2.05, 4.69) is 5.32 Å². The number of amides is 2. The van der Waals surface area contributed by atoms with Crippen LogP contribution in [0.4, 0.5) is 10.1 Å². The number of nitrogens with one attached hydrogen (secondary N) is 1. The molecule has 0 radical (unpaired) electrons. The van der Waals surface area contributed by atoms with Crippen molar-refractivity contribution < 1.29 is 14.0 Å². The van der Waals surface area contributed by atoms with E-state index in [4.69, 9.17) is 11.6 Å². The highest BCUT2D eigenvalue weighted by Gasteiger charge is 2.14. The van der Waals surface area contributed by atoms with E-state index < -0.39 is 5.82 Å². The van der Waals surface area contributed by atoms with Gasteiger partial charge in [-0.05, 0) is 32.3 Å². The second-order valence-corrected chi connectivity index (χ2v) is 5.58. The van der Waals surface area contributed by atoms with E-state index in [1.807, 2.05) is 19.0 Å². The SMILES string of the molecule is CC(=O)N(CCC(=O)NCCN(C)C)c1ccc(F)c(Cl)c1. The van der Waals surface area contributed by atoms with Crippen LogP contribution < -0.4 is 10.2 Å². The highest BCUT2D eigenvalue weighted by molar-refractivity contribution is 6.31. The maximum absolute atomic E-state index is 13.2. The molecule has 7 heteroatoms. The van der Waals surface area contributed by atoms with E-state index in [0.717, 1.165) is 6.54 Å². The fraction of sp³-hybridized carbons (Fsp3) is 0.467. The Balaban J connectivity index is 2.60. The Morgan fingerprint density at radius 1 is 1.27 bits per heavy atom. The van der Waals surface area contributed by atoms with Gasteiger partial charge in [-0.3, -0.25) is 9.59 Å². The fourth-order valence-electron chi connectivity index (χ4n) is 1.84. The van der Waals surface area contributed by atoms with Crippen molar-refractivity contribution in [1.82, 2.24) is 10.2 Å². The quantitative estimate of drug-likeness (QED) is 0.831. The summed E-state index contributed by atoms with van der Waals surface area (Å²) in [5.74, 6) is -0.916. The lowest BCUT2D eigenvalue weighted by molar-refractivity contribution is -0.121. The van der Waals surface area contributed by atoms with Gasteiger partial charge in [0.2, 0.25) is 11.8 Å². The fourth-order valence-corrected chi connectivity index (χ4v) is 2.02. The van der Waals surface area contributed by atoms with Crippen LogP contribution in [0.5, 0.6) is 0 Å². The lowest BCUT2D eigenvalue weighted by atomic mass is 10.2. The average molecular weight is 330 g/mol. The van der Waals surface area contributed by atoms with Crippen LogP contribution in [-0.4, -0.2) is 50.4 Å². The lowest BCUT2D eigenvalue weighted by Gasteiger charge is -2.21. The molecule has 1 N–H and O–H groups in total. The van der Waals surface area contributed by atoms with Gasteiger partial charge in [0, 0.05) is 38.7 Å². The molecule has 0 aliphatic heterocycles. The van der Waals surface area contributed by atoms with Gasteiger partial charge in [0.05, 0.1) is 5.02 Å². The molecule has 0 spiro atoms. The van der Waals surface area contributed by atoms with Crippen molar-refractivity contribution in [3.8, 4) is 0 Å². The second-order valence-electron chi connectivity index (χ2n) is 5.17. The smallest absolute Gasteiger partial charge is 0.223 e. The first-order valence-electron chi connectivity index (χ1n) is 6.96. The molecule has 0 aromatic heterocycles. The van der Waals surface area contributed by atoms with E-state index in [-0.39, 0.29) is 29.8 Å². The third kappa shape index (κ3) is 5.99. The van der Waals surface area contributed by atoms with Crippen LogP contribution in [0.3, 0.4) is 0 Å². The Kier molecular flexibility index (Phi) is 7.27. The summed E-state index contributed by atoms with van der Waals surface area (Å²) in [7, 11) is 3.84. The summed E-state index contributed by atoms with van der Waals surface area (Å²) < 4.78 is 13.2. The van der Waals surface area contributed by atoms with Gasteiger partial charge >= 0.3 is 0 Å². The number of likely N-dealkylation sites (N-methyl/N-ethyl adjacent to an activating group) is 1. The van der Waals surface area contributed by atoms with E-state index in [1.165, 1.54) is 30.0 Å². The van der Waals surface area contributed by atoms with Gasteiger partial charge in [-0.15, -0.1) is 0 Å². The molecule has 0 aliphatic rings. The van der Waals surface area contributed by atoms with Crippen molar-refractivity contribution in [2.24, 2.45) is 0 Å². The Bertz CT molecular complexity index is 538. The summed E-state index contributed by atoms with van der Waals surface area (Å²) in [5.41, 5.74) is 0.472. The molecule has 122 valence electrons. The molecule has 2 amide bonds. The number of halogens is 2. The Hall–Kier alpha value is -1.66. The number of carbonyl (C=O) groups excluding carboxylic acids is 2. The van der Waals surface area contributed by atoms with Crippen LogP contribution in [0.1, 0.15) is 13.3 Å². The van der Waals surface area contributed by atoms with Gasteiger partial charge in [-0.2, -0.15) is 0 Å². The highest BCUT2D eigenvalue weighted by Crippen LogP contribution is 2.23. The van der Waals surface area contributed by atoms with Crippen LogP contribution >= 0.6 is 11.6 Å². The minimum Gasteiger partial charge on any atom is -0.355 e. The zero-order valence-electron chi connectivity index (χ0n) is 13.0. The Morgan fingerprint density at radius 3 is 2.50 bits per heavy atom. The van der Waals surface area contributed by atoms with Gasteiger partial charge < -0.3 is 15.1 Å². The number of benzene rings is 1. The molecular formula is C15H21ClFN3O2. The van der Waals surface area contributed by atoms with E-state index in [0.29, 0.717) is 12.2 Å². The van der Waals surface area contributed by atoms with Crippen molar-refractivity contribution in [1.29, 1.82) is 0 Å². The molecule has 1 aromatic carbocycles. The average Bonchev–Trinajstić information content (AvgIpc) is 2.42. The molecule has 0 bridgehead atoms. The van der Waals surface area contributed by atoms with E-state index >= 15 is 0 Å². The maximum Gasteiger partial charge on any atom is 0.223 e. The molecule has 0 fully saturated rings. The first-order valence-corrected chi connectivity index (χ1v) is 7.33. The number of hydrogen-bond acceptors (Lipinski definition) is 3. The minimum atomic E-state index is -0.546. The van der Waals surface area contributed by atoms with Crippen LogP contribution in [0, 0.1) is 5.82 Å². The molecule has 1 rings (SSSR count). The highest BCUT2D eigenvalue weighted by atomic mass is 35.5. The third-order valence-corrected chi connectivity index (χ3v) is 3.33. The molecule has 0 unspecified atom stereocenters. The number of anilines is 1. The molecule has 0 saturated carbocycles. The third-order valence-electron chi connectivity index (χ3n) is 3.04. The topological polar surface area (TPSA) is 52.7 Å². The number of hydrogen-bond donors (Lipinski definition) is 1. The zero-order chi connectivity index (χ0) is 16.7. The molecule has 5 nitrogen and oxygen atoms in total. The monoisotopic (exact) mass is 329 g/mol. The predicted molar refractivity (Wildman–Crippen MR) is 85.6 cm³/mol. The Labute approximate surface area is 135 Å². The van der Waals surface area contributed by atoms with Gasteiger partial charge in [-0.1, -0.05) is 11.6 Å². The largest absolute Gasteiger partial charge is 0.355 e. The van der Waals surface area contributed by atoms with Crippen LogP contribution in [-0.2, 0) is 9.59 Å². The first kappa shape index (κ1) is 18.4. The summed E-state index contributed by atoms with van der Waals surface area (Å²) >= 11 is 5.73. The van der Waals surface area contributed by atoms with Crippen molar-refractivity contribution in [3.05, 3.63) is 29.0 Å². The minimum absolute atomic E-state index is 0.0563. The molecule has 1 aromatic rings. The number of nitrogens with zero attached hydrogens (tertiary/aromatic N) is 2. The summed E-state index contributed by atoms with van der Waals surface area (Å²) in [5, 5.41) is 2.72. The normalized spacial score (nSPS) is 10.6. The van der Waals surface area contributed by atoms with Crippen molar-refractivity contribution >= 4 is 29.1 Å². The van der Waals surface area contributed by atoms with Crippen molar-refractivity contribution in [2.45, 2.75) is 13.3 Å². The molecule has 22 heavy (non-hydrogen) atoms. The molecule has 0 heterocycles. The van der Waals surface area contributed by atoms with E-state index in [1.54, 1.807) is 0 Å². The van der Waals surface area contributed by atoms with Crippen molar-refractivity contribution in [2.75, 3.05) is 38.6 Å². The van der Waals surface area contributed by atoms with Gasteiger partial charge in [0.25, 0.3) is 0 Å². The number of carbonyl (C=O) groups is 2. The maximum atomic E-state index is 13.2. The summed E-state index contributed by atoms with van der Waals surface area (Å²) in [6.07, 6.45) is 0.169. The summed E-state index contributed by atoms with van der Waals surface area (Å²) in [4.78, 5) is 26.8. The van der Waals surface area contributed by atoms with Gasteiger partial charge in [-0.25, -0.2) is 4.39 Å². The molecule has 0 aliphatic carbocycles. The second kappa shape index (κ2) is 8.70. The molecular weight excluding hydrogens is 309 g/mol. The van der Waals surface area contributed by atoms with Crippen LogP contribution in [0.25, 0.3) is 0 Å². The summed E-state index contributed by atoms with van der Waals surface area (Å²) in [6.45, 7) is 2.90. The molecule has 0 saturated heterocycles. The Morgan fingerprint density at radius 2 is 1.95 bits per heavy atom. The lowest BCUT2D eigenvalue weighted by Crippen LogP contribution is -2.36. The van der Waals surface area contributed by atoms with Crippen molar-refractivity contribution in [3.63, 3.8) is 0 Å². The molecule has 0 atom stereocenters. The standard InChI is InChI=1S/C15H21ClFN3O2/c1-11(21)20(12-4-5-14(17)13(16)10-12)8-6-15(22)18-7-9-19(2)3/h4-5,10H,6-9H2,1-3H3,(H,18,22). The zero-order valence-corrected chi connectivity index (χ0v) is 13.8. The number of rotatable bonds is 7. The van der Waals surface area contributed by atoms with Crippen LogP contribution in [0.15, 0.2) is 18.2 Å². The predicted octanol–water partition coefficient (Wildman–Crippen LogP) is 1.90. The first-order chi connectivity index (χ1) is 10.3.